The summed E-state index contributed by atoms with van der Waals surface area (Å²) in [5, 5.41) is 5.43. The summed E-state index contributed by atoms with van der Waals surface area (Å²) in [5.41, 5.74) is 4.08. The summed E-state index contributed by atoms with van der Waals surface area (Å²) in [7, 11) is 0. The lowest BCUT2D eigenvalue weighted by Crippen LogP contribution is -2.37. The Hall–Kier alpha value is -2.62. The molecule has 2 aromatic rings. The summed E-state index contributed by atoms with van der Waals surface area (Å²) in [6.07, 6.45) is 1.77. The molecule has 0 aliphatic heterocycles. The second-order valence-electron chi connectivity index (χ2n) is 5.58. The van der Waals surface area contributed by atoms with Gasteiger partial charge in [0.1, 0.15) is 0 Å². The van der Waals surface area contributed by atoms with Crippen molar-refractivity contribution in [2.45, 2.75) is 25.8 Å². The number of fused-ring (bicyclic) bond motifs is 1. The first kappa shape index (κ1) is 14.3. The number of amides is 2. The number of rotatable bonds is 2. The van der Waals surface area contributed by atoms with Crippen LogP contribution in [0.3, 0.4) is 0 Å². The number of benzene rings is 2. The van der Waals surface area contributed by atoms with Crippen LogP contribution >= 0.6 is 0 Å². The van der Waals surface area contributed by atoms with E-state index in [1.54, 1.807) is 12.1 Å². The Kier molecular flexibility index (Phi) is 3.92. The minimum Gasteiger partial charge on any atom is -0.341 e. The van der Waals surface area contributed by atoms with Crippen molar-refractivity contribution in [1.29, 1.82) is 0 Å². The first-order valence-corrected chi connectivity index (χ1v) is 7.40. The van der Waals surface area contributed by atoms with Gasteiger partial charge in [0, 0.05) is 5.69 Å². The van der Waals surface area contributed by atoms with E-state index in [1.165, 1.54) is 5.56 Å². The van der Waals surface area contributed by atoms with E-state index in [-0.39, 0.29) is 6.04 Å². The van der Waals surface area contributed by atoms with E-state index < -0.39 is 11.8 Å². The first-order valence-electron chi connectivity index (χ1n) is 7.40. The Labute approximate surface area is 129 Å². The molecule has 1 atom stereocenters. The molecular formula is C18H18N2O2. The summed E-state index contributed by atoms with van der Waals surface area (Å²) >= 11 is 0. The van der Waals surface area contributed by atoms with Gasteiger partial charge in [0.05, 0.1) is 6.04 Å². The molecule has 0 saturated carbocycles. The number of aryl methyl sites for hydroxylation is 2. The fourth-order valence-electron chi connectivity index (χ4n) is 2.76. The van der Waals surface area contributed by atoms with Gasteiger partial charge in [-0.1, -0.05) is 42.0 Å². The van der Waals surface area contributed by atoms with Crippen molar-refractivity contribution in [2.24, 2.45) is 0 Å². The number of hydrogen-bond acceptors (Lipinski definition) is 2. The average Bonchev–Trinajstić information content (AvgIpc) is 2.93. The molecule has 112 valence electrons. The standard InChI is InChI=1S/C18H18N2O2/c1-12-6-9-14(10-7-12)19-17(21)18(22)20-16-11-8-13-4-2-3-5-15(13)16/h2-7,9-10,16H,8,11H2,1H3,(H,19,21)(H,20,22). The quantitative estimate of drug-likeness (QED) is 0.837. The van der Waals surface area contributed by atoms with Crippen molar-refractivity contribution in [3.8, 4) is 0 Å². The van der Waals surface area contributed by atoms with Crippen LogP contribution in [0.2, 0.25) is 0 Å². The molecule has 1 unspecified atom stereocenters. The van der Waals surface area contributed by atoms with Gasteiger partial charge in [0.2, 0.25) is 0 Å². The smallest absolute Gasteiger partial charge is 0.313 e. The normalized spacial score (nSPS) is 16.0. The lowest BCUT2D eigenvalue weighted by atomic mass is 10.1. The van der Waals surface area contributed by atoms with Crippen LogP contribution in [-0.2, 0) is 16.0 Å². The van der Waals surface area contributed by atoms with Crippen LogP contribution < -0.4 is 10.6 Å². The Morgan fingerprint density at radius 3 is 2.50 bits per heavy atom. The number of carbonyl (C=O) groups excluding carboxylic acids is 2. The average molecular weight is 294 g/mol. The number of nitrogens with one attached hydrogen (secondary N) is 2. The van der Waals surface area contributed by atoms with Gasteiger partial charge in [0.25, 0.3) is 0 Å². The zero-order valence-corrected chi connectivity index (χ0v) is 12.4. The second kappa shape index (κ2) is 6.02. The van der Waals surface area contributed by atoms with Crippen LogP contribution in [0.15, 0.2) is 48.5 Å². The van der Waals surface area contributed by atoms with E-state index in [0.29, 0.717) is 5.69 Å². The Balaban J connectivity index is 1.63. The van der Waals surface area contributed by atoms with E-state index in [4.69, 9.17) is 0 Å². The van der Waals surface area contributed by atoms with Gasteiger partial charge >= 0.3 is 11.8 Å². The van der Waals surface area contributed by atoms with Crippen molar-refractivity contribution in [1.82, 2.24) is 5.32 Å². The SMILES string of the molecule is Cc1ccc(NC(=O)C(=O)NC2CCc3ccccc32)cc1. The molecule has 2 amide bonds. The minimum atomic E-state index is -0.631. The van der Waals surface area contributed by atoms with Crippen molar-refractivity contribution in [3.05, 3.63) is 65.2 Å². The van der Waals surface area contributed by atoms with E-state index >= 15 is 0 Å². The van der Waals surface area contributed by atoms with Crippen molar-refractivity contribution < 1.29 is 9.59 Å². The van der Waals surface area contributed by atoms with Gasteiger partial charge in [-0.3, -0.25) is 9.59 Å². The van der Waals surface area contributed by atoms with Crippen LogP contribution in [0, 0.1) is 6.92 Å². The van der Waals surface area contributed by atoms with Gasteiger partial charge < -0.3 is 10.6 Å². The molecule has 0 heterocycles. The van der Waals surface area contributed by atoms with Crippen LogP contribution in [-0.4, -0.2) is 11.8 Å². The number of hydrogen-bond donors (Lipinski definition) is 2. The third kappa shape index (κ3) is 3.01. The fourth-order valence-corrected chi connectivity index (χ4v) is 2.76. The highest BCUT2D eigenvalue weighted by molar-refractivity contribution is 6.39. The van der Waals surface area contributed by atoms with Crippen molar-refractivity contribution in [3.63, 3.8) is 0 Å². The molecule has 4 heteroatoms. The Morgan fingerprint density at radius 2 is 1.73 bits per heavy atom. The predicted octanol–water partition coefficient (Wildman–Crippen LogP) is 2.74. The third-order valence-corrected chi connectivity index (χ3v) is 3.95. The van der Waals surface area contributed by atoms with E-state index in [9.17, 15) is 9.59 Å². The first-order chi connectivity index (χ1) is 10.6. The lowest BCUT2D eigenvalue weighted by Gasteiger charge is -2.14. The summed E-state index contributed by atoms with van der Waals surface area (Å²) < 4.78 is 0. The molecule has 0 bridgehead atoms. The largest absolute Gasteiger partial charge is 0.341 e. The fraction of sp³-hybridized carbons (Fsp3) is 0.222. The topological polar surface area (TPSA) is 58.2 Å². The molecular weight excluding hydrogens is 276 g/mol. The van der Waals surface area contributed by atoms with E-state index in [2.05, 4.69) is 16.7 Å². The molecule has 0 radical (unpaired) electrons. The van der Waals surface area contributed by atoms with Gasteiger partial charge in [-0.25, -0.2) is 0 Å². The Morgan fingerprint density at radius 1 is 1.00 bits per heavy atom. The van der Waals surface area contributed by atoms with E-state index in [1.807, 2.05) is 37.3 Å². The van der Waals surface area contributed by atoms with Gasteiger partial charge in [-0.2, -0.15) is 0 Å². The molecule has 22 heavy (non-hydrogen) atoms. The van der Waals surface area contributed by atoms with Crippen LogP contribution in [0.5, 0.6) is 0 Å². The number of anilines is 1. The molecule has 3 rings (SSSR count). The molecule has 0 fully saturated rings. The maximum Gasteiger partial charge on any atom is 0.313 e. The molecule has 1 aliphatic rings. The molecule has 2 aromatic carbocycles. The summed E-state index contributed by atoms with van der Waals surface area (Å²) in [6.45, 7) is 1.97. The lowest BCUT2D eigenvalue weighted by molar-refractivity contribution is -0.136. The Bertz CT molecular complexity index is 707. The monoisotopic (exact) mass is 294 g/mol. The number of carbonyl (C=O) groups is 2. The summed E-state index contributed by atoms with van der Waals surface area (Å²) in [6, 6.07) is 15.3. The molecule has 1 aliphatic carbocycles. The van der Waals surface area contributed by atoms with E-state index in [0.717, 1.165) is 24.0 Å². The molecule has 0 aromatic heterocycles. The highest BCUT2D eigenvalue weighted by atomic mass is 16.2. The molecule has 4 nitrogen and oxygen atoms in total. The van der Waals surface area contributed by atoms with Crippen LogP contribution in [0.1, 0.15) is 29.2 Å². The van der Waals surface area contributed by atoms with Gasteiger partial charge in [-0.15, -0.1) is 0 Å². The van der Waals surface area contributed by atoms with Crippen LogP contribution in [0.25, 0.3) is 0 Å². The second-order valence-corrected chi connectivity index (χ2v) is 5.58. The third-order valence-electron chi connectivity index (χ3n) is 3.95. The highest BCUT2D eigenvalue weighted by Crippen LogP contribution is 2.30. The zero-order valence-electron chi connectivity index (χ0n) is 12.4. The molecule has 0 saturated heterocycles. The van der Waals surface area contributed by atoms with Gasteiger partial charge in [0.15, 0.2) is 0 Å². The summed E-state index contributed by atoms with van der Waals surface area (Å²) in [5.74, 6) is -1.23. The minimum absolute atomic E-state index is 0.0764. The van der Waals surface area contributed by atoms with Crippen molar-refractivity contribution >= 4 is 17.5 Å². The summed E-state index contributed by atoms with van der Waals surface area (Å²) in [4.78, 5) is 24.0. The molecule has 0 spiro atoms. The predicted molar refractivity (Wildman–Crippen MR) is 85.5 cm³/mol. The zero-order chi connectivity index (χ0) is 15.5. The van der Waals surface area contributed by atoms with Crippen LogP contribution in [0.4, 0.5) is 5.69 Å². The van der Waals surface area contributed by atoms with Gasteiger partial charge in [-0.05, 0) is 43.0 Å². The highest BCUT2D eigenvalue weighted by Gasteiger charge is 2.25. The maximum absolute atomic E-state index is 12.1. The van der Waals surface area contributed by atoms with Crippen molar-refractivity contribution in [2.75, 3.05) is 5.32 Å². The molecule has 2 N–H and O–H groups in total. The maximum atomic E-state index is 12.1.